The van der Waals surface area contributed by atoms with Crippen molar-refractivity contribution < 1.29 is 0 Å². The predicted molar refractivity (Wildman–Crippen MR) is 72.9 cm³/mol. The summed E-state index contributed by atoms with van der Waals surface area (Å²) in [6.45, 7) is 3.49. The Balaban J connectivity index is 0.00000108. The first-order chi connectivity index (χ1) is 7.93. The monoisotopic (exact) mass is 253 g/mol. The van der Waals surface area contributed by atoms with Crippen LogP contribution in [0.1, 0.15) is 37.4 Å². The fraction of sp³-hybridized carbons (Fsp3) is 0.615. The summed E-state index contributed by atoms with van der Waals surface area (Å²) in [5.41, 5.74) is 1.22. The minimum Gasteiger partial charge on any atom is -0.357 e. The highest BCUT2D eigenvalue weighted by molar-refractivity contribution is 5.85. The molecule has 3 heterocycles. The van der Waals surface area contributed by atoms with Gasteiger partial charge in [0.25, 0.3) is 0 Å². The van der Waals surface area contributed by atoms with Crippen LogP contribution in [-0.2, 0) is 0 Å². The number of rotatable bonds is 2. The molecule has 94 valence electrons. The molecule has 2 fully saturated rings. The number of halogens is 1. The maximum absolute atomic E-state index is 4.80. The van der Waals surface area contributed by atoms with Gasteiger partial charge in [-0.15, -0.1) is 12.4 Å². The van der Waals surface area contributed by atoms with Crippen LogP contribution in [0.15, 0.2) is 18.2 Å². The van der Waals surface area contributed by atoms with Crippen molar-refractivity contribution in [2.75, 3.05) is 24.5 Å². The number of hydrogen-bond acceptors (Lipinski definition) is 3. The van der Waals surface area contributed by atoms with Gasteiger partial charge in [0, 0.05) is 19.1 Å². The predicted octanol–water partition coefficient (Wildman–Crippen LogP) is 2.53. The molecule has 1 N–H and O–H groups in total. The second-order valence-electron chi connectivity index (χ2n) is 4.76. The molecule has 1 atom stereocenters. The maximum atomic E-state index is 4.80. The van der Waals surface area contributed by atoms with Crippen LogP contribution in [0, 0.1) is 0 Å². The zero-order valence-corrected chi connectivity index (χ0v) is 10.9. The van der Waals surface area contributed by atoms with Gasteiger partial charge in [-0.2, -0.15) is 0 Å². The van der Waals surface area contributed by atoms with E-state index >= 15 is 0 Å². The molecule has 2 aliphatic heterocycles. The Morgan fingerprint density at radius 3 is 2.71 bits per heavy atom. The first kappa shape index (κ1) is 12.7. The lowest BCUT2D eigenvalue weighted by Gasteiger charge is -2.18. The summed E-state index contributed by atoms with van der Waals surface area (Å²) < 4.78 is 0. The zero-order chi connectivity index (χ0) is 10.8. The van der Waals surface area contributed by atoms with Crippen LogP contribution in [0.5, 0.6) is 0 Å². The van der Waals surface area contributed by atoms with Crippen LogP contribution in [0.3, 0.4) is 0 Å². The second-order valence-corrected chi connectivity index (χ2v) is 4.76. The van der Waals surface area contributed by atoms with Gasteiger partial charge in [-0.25, -0.2) is 4.98 Å². The lowest BCUT2D eigenvalue weighted by Crippen LogP contribution is -2.21. The highest BCUT2D eigenvalue weighted by atomic mass is 35.5. The number of aromatic nitrogens is 1. The van der Waals surface area contributed by atoms with Crippen molar-refractivity contribution in [3.63, 3.8) is 0 Å². The fourth-order valence-electron chi connectivity index (χ4n) is 2.69. The van der Waals surface area contributed by atoms with Crippen molar-refractivity contribution in [1.82, 2.24) is 10.3 Å². The van der Waals surface area contributed by atoms with E-state index in [1.54, 1.807) is 0 Å². The van der Waals surface area contributed by atoms with E-state index in [2.05, 4.69) is 28.4 Å². The molecule has 0 spiro atoms. The molecule has 2 saturated heterocycles. The van der Waals surface area contributed by atoms with E-state index in [0.29, 0.717) is 6.04 Å². The molecule has 1 unspecified atom stereocenters. The lowest BCUT2D eigenvalue weighted by atomic mass is 10.1. The summed E-state index contributed by atoms with van der Waals surface area (Å²) in [5, 5.41) is 3.51. The number of pyridine rings is 1. The van der Waals surface area contributed by atoms with E-state index in [0.717, 1.165) is 6.54 Å². The average molecular weight is 254 g/mol. The Labute approximate surface area is 109 Å². The van der Waals surface area contributed by atoms with Crippen LogP contribution in [0.25, 0.3) is 0 Å². The molecule has 1 aromatic rings. The van der Waals surface area contributed by atoms with Crippen molar-refractivity contribution in [3.05, 3.63) is 23.9 Å². The van der Waals surface area contributed by atoms with Crippen LogP contribution < -0.4 is 10.2 Å². The van der Waals surface area contributed by atoms with E-state index < -0.39 is 0 Å². The Kier molecular flexibility index (Phi) is 4.24. The zero-order valence-electron chi connectivity index (χ0n) is 10.1. The fourth-order valence-corrected chi connectivity index (χ4v) is 2.69. The van der Waals surface area contributed by atoms with E-state index in [4.69, 9.17) is 4.98 Å². The SMILES string of the molecule is Cl.c1cc(C2CCCN2)nc(N2CCCC2)c1. The minimum atomic E-state index is 0. The third-order valence-corrected chi connectivity index (χ3v) is 3.60. The quantitative estimate of drug-likeness (QED) is 0.878. The van der Waals surface area contributed by atoms with Crippen LogP contribution in [0.2, 0.25) is 0 Å². The molecule has 3 rings (SSSR count). The molecular weight excluding hydrogens is 234 g/mol. The Morgan fingerprint density at radius 1 is 1.18 bits per heavy atom. The molecule has 0 saturated carbocycles. The first-order valence-electron chi connectivity index (χ1n) is 6.39. The van der Waals surface area contributed by atoms with Gasteiger partial charge in [0.15, 0.2) is 0 Å². The highest BCUT2D eigenvalue weighted by Gasteiger charge is 2.19. The molecule has 1 aromatic heterocycles. The van der Waals surface area contributed by atoms with Crippen molar-refractivity contribution in [2.45, 2.75) is 31.7 Å². The number of anilines is 1. The van der Waals surface area contributed by atoms with Gasteiger partial charge >= 0.3 is 0 Å². The molecular formula is C13H20ClN3. The second kappa shape index (κ2) is 5.69. The molecule has 4 heteroatoms. The van der Waals surface area contributed by atoms with Crippen molar-refractivity contribution in [2.24, 2.45) is 0 Å². The van der Waals surface area contributed by atoms with Crippen LogP contribution in [0.4, 0.5) is 5.82 Å². The topological polar surface area (TPSA) is 28.2 Å². The van der Waals surface area contributed by atoms with E-state index in [1.807, 2.05) is 0 Å². The molecule has 0 aliphatic carbocycles. The summed E-state index contributed by atoms with van der Waals surface area (Å²) >= 11 is 0. The Hall–Kier alpha value is -0.800. The summed E-state index contributed by atoms with van der Waals surface area (Å²) in [6.07, 6.45) is 5.14. The maximum Gasteiger partial charge on any atom is 0.128 e. The molecule has 0 radical (unpaired) electrons. The van der Waals surface area contributed by atoms with Gasteiger partial charge in [0.05, 0.1) is 5.69 Å². The smallest absolute Gasteiger partial charge is 0.128 e. The standard InChI is InChI=1S/C13H19N3.ClH/c1-2-10-16(9-1)13-7-3-5-12(15-13)11-6-4-8-14-11;/h3,5,7,11,14H,1-2,4,6,8-10H2;1H. The first-order valence-corrected chi connectivity index (χ1v) is 6.39. The summed E-state index contributed by atoms with van der Waals surface area (Å²) in [5.74, 6) is 1.17. The average Bonchev–Trinajstić information content (AvgIpc) is 3.03. The normalized spacial score (nSPS) is 23.8. The number of hydrogen-bond donors (Lipinski definition) is 1. The van der Waals surface area contributed by atoms with Crippen molar-refractivity contribution in [1.29, 1.82) is 0 Å². The largest absolute Gasteiger partial charge is 0.357 e. The Morgan fingerprint density at radius 2 is 2.00 bits per heavy atom. The third kappa shape index (κ3) is 2.72. The third-order valence-electron chi connectivity index (χ3n) is 3.60. The molecule has 3 nitrogen and oxygen atoms in total. The van der Waals surface area contributed by atoms with Gasteiger partial charge in [0.2, 0.25) is 0 Å². The highest BCUT2D eigenvalue weighted by Crippen LogP contribution is 2.24. The molecule has 0 amide bonds. The molecule has 2 aliphatic rings. The van der Waals surface area contributed by atoms with E-state index in [9.17, 15) is 0 Å². The molecule has 17 heavy (non-hydrogen) atoms. The van der Waals surface area contributed by atoms with E-state index in [-0.39, 0.29) is 12.4 Å². The molecule has 0 bridgehead atoms. The molecule has 0 aromatic carbocycles. The Bertz CT molecular complexity index is 326. The van der Waals surface area contributed by atoms with Gasteiger partial charge in [-0.3, -0.25) is 0 Å². The van der Waals surface area contributed by atoms with Gasteiger partial charge in [-0.1, -0.05) is 6.07 Å². The number of nitrogens with zero attached hydrogens (tertiary/aromatic N) is 2. The van der Waals surface area contributed by atoms with Crippen LogP contribution in [-0.4, -0.2) is 24.6 Å². The van der Waals surface area contributed by atoms with Crippen LogP contribution >= 0.6 is 12.4 Å². The van der Waals surface area contributed by atoms with Gasteiger partial charge in [0.1, 0.15) is 5.82 Å². The van der Waals surface area contributed by atoms with Gasteiger partial charge < -0.3 is 10.2 Å². The van der Waals surface area contributed by atoms with E-state index in [1.165, 1.54) is 50.3 Å². The van der Waals surface area contributed by atoms with Crippen molar-refractivity contribution in [3.8, 4) is 0 Å². The number of nitrogens with one attached hydrogen (secondary N) is 1. The summed E-state index contributed by atoms with van der Waals surface area (Å²) in [4.78, 5) is 7.20. The summed E-state index contributed by atoms with van der Waals surface area (Å²) in [6, 6.07) is 6.94. The summed E-state index contributed by atoms with van der Waals surface area (Å²) in [7, 11) is 0. The van der Waals surface area contributed by atoms with Gasteiger partial charge in [-0.05, 0) is 44.4 Å². The van der Waals surface area contributed by atoms with Crippen molar-refractivity contribution >= 4 is 18.2 Å². The lowest BCUT2D eigenvalue weighted by molar-refractivity contribution is 0.627. The minimum absolute atomic E-state index is 0.